The second-order valence-electron chi connectivity index (χ2n) is 5.59. The van der Waals surface area contributed by atoms with E-state index in [9.17, 15) is 4.79 Å². The zero-order chi connectivity index (χ0) is 14.4. The van der Waals surface area contributed by atoms with Crippen LogP contribution in [0, 0.1) is 10.5 Å². The number of rotatable bonds is 1. The van der Waals surface area contributed by atoms with Crippen LogP contribution in [-0.4, -0.2) is 19.7 Å². The average Bonchev–Trinajstić information content (AvgIpc) is 2.62. The van der Waals surface area contributed by atoms with Crippen molar-refractivity contribution in [1.82, 2.24) is 19.7 Å². The van der Waals surface area contributed by atoms with Crippen molar-refractivity contribution in [2.75, 3.05) is 0 Å². The van der Waals surface area contributed by atoms with Gasteiger partial charge in [-0.15, -0.1) is 0 Å². The van der Waals surface area contributed by atoms with Gasteiger partial charge in [-0.05, 0) is 29.5 Å². The van der Waals surface area contributed by atoms with Gasteiger partial charge in [0.1, 0.15) is 9.39 Å². The Morgan fingerprint density at radius 1 is 1.37 bits per heavy atom. The molecule has 1 N–H and O–H groups in total. The van der Waals surface area contributed by atoms with Crippen molar-refractivity contribution in [3.05, 3.63) is 31.5 Å². The molecule has 2 aromatic rings. The van der Waals surface area contributed by atoms with Crippen LogP contribution in [0.5, 0.6) is 0 Å². The number of hydrogen-bond donors (Lipinski definition) is 1. The van der Waals surface area contributed by atoms with Crippen molar-refractivity contribution in [3.8, 4) is 11.4 Å². The summed E-state index contributed by atoms with van der Waals surface area (Å²) in [6.07, 6.45) is 1.73. The van der Waals surface area contributed by atoms with Crippen LogP contribution in [0.25, 0.3) is 11.4 Å². The second-order valence-corrected chi connectivity index (χ2v) is 6.67. The van der Waals surface area contributed by atoms with Crippen molar-refractivity contribution in [1.29, 1.82) is 0 Å². The predicted octanol–water partition coefficient (Wildman–Crippen LogP) is 2.38. The number of nitrogens with zero attached hydrogens (tertiary/aromatic N) is 3. The van der Waals surface area contributed by atoms with Crippen molar-refractivity contribution in [2.24, 2.45) is 7.05 Å². The van der Waals surface area contributed by atoms with Crippen molar-refractivity contribution in [3.63, 3.8) is 0 Å². The number of aromatic nitrogens is 4. The molecule has 0 amide bonds. The lowest BCUT2D eigenvalue weighted by molar-refractivity contribution is 0.562. The van der Waals surface area contributed by atoms with Crippen LogP contribution in [0.15, 0.2) is 11.0 Å². The smallest absolute Gasteiger partial charge is 0.264 e. The van der Waals surface area contributed by atoms with Gasteiger partial charge in [-0.2, -0.15) is 5.10 Å². The zero-order valence-electron chi connectivity index (χ0n) is 11.7. The summed E-state index contributed by atoms with van der Waals surface area (Å²) in [5, 5.41) is 4.19. The maximum atomic E-state index is 12.1. The molecule has 0 radical (unpaired) electrons. The maximum Gasteiger partial charge on any atom is 0.264 e. The molecule has 102 valence electrons. The number of hydrogen-bond acceptors (Lipinski definition) is 3. The van der Waals surface area contributed by atoms with Crippen LogP contribution in [-0.2, 0) is 12.5 Å². The van der Waals surface area contributed by atoms with E-state index in [0.29, 0.717) is 9.39 Å². The first kappa shape index (κ1) is 14.2. The molecule has 0 aliphatic rings. The Bertz CT molecular complexity index is 679. The molecule has 19 heavy (non-hydrogen) atoms. The minimum Gasteiger partial charge on any atom is -0.305 e. The van der Waals surface area contributed by atoms with E-state index < -0.39 is 0 Å². The standard InChI is InChI=1S/C13H17IN4O/c1-7-8(6-15-18(7)5)11-16-10(13(2,3)4)9(14)12(19)17-11/h6H,1-5H3,(H,16,17,19). The van der Waals surface area contributed by atoms with E-state index in [1.165, 1.54) is 0 Å². The molecular weight excluding hydrogens is 355 g/mol. The van der Waals surface area contributed by atoms with E-state index in [1.54, 1.807) is 10.9 Å². The molecule has 2 rings (SSSR count). The summed E-state index contributed by atoms with van der Waals surface area (Å²) < 4.78 is 2.42. The molecule has 0 spiro atoms. The molecule has 0 aliphatic heterocycles. The maximum absolute atomic E-state index is 12.1. The highest BCUT2D eigenvalue weighted by atomic mass is 127. The highest BCUT2D eigenvalue weighted by Gasteiger charge is 2.23. The van der Waals surface area contributed by atoms with Gasteiger partial charge in [-0.3, -0.25) is 9.48 Å². The monoisotopic (exact) mass is 372 g/mol. The highest BCUT2D eigenvalue weighted by Crippen LogP contribution is 2.26. The molecule has 2 aromatic heterocycles. The molecular formula is C13H17IN4O. The Hall–Kier alpha value is -1.18. The normalized spacial score (nSPS) is 11.9. The SMILES string of the molecule is Cc1c(-c2nc(C(C)(C)C)c(I)c(=O)[nH]2)cnn1C. The van der Waals surface area contributed by atoms with Crippen LogP contribution in [0.1, 0.15) is 32.2 Å². The van der Waals surface area contributed by atoms with Gasteiger partial charge in [-0.25, -0.2) is 4.98 Å². The van der Waals surface area contributed by atoms with Gasteiger partial charge in [0, 0.05) is 18.2 Å². The van der Waals surface area contributed by atoms with Crippen LogP contribution >= 0.6 is 22.6 Å². The minimum atomic E-state index is -0.171. The van der Waals surface area contributed by atoms with Gasteiger partial charge in [0.15, 0.2) is 0 Å². The molecule has 0 unspecified atom stereocenters. The second kappa shape index (κ2) is 4.73. The van der Waals surface area contributed by atoms with E-state index in [-0.39, 0.29) is 11.0 Å². The highest BCUT2D eigenvalue weighted by molar-refractivity contribution is 14.1. The molecule has 0 aromatic carbocycles. The third-order valence-corrected chi connectivity index (χ3v) is 4.06. The zero-order valence-corrected chi connectivity index (χ0v) is 13.9. The van der Waals surface area contributed by atoms with E-state index in [0.717, 1.165) is 17.0 Å². The van der Waals surface area contributed by atoms with E-state index in [2.05, 4.69) is 58.4 Å². The van der Waals surface area contributed by atoms with Crippen molar-refractivity contribution >= 4 is 22.6 Å². The minimum absolute atomic E-state index is 0.0984. The van der Waals surface area contributed by atoms with Gasteiger partial charge in [0.05, 0.1) is 17.5 Å². The van der Waals surface area contributed by atoms with Crippen LogP contribution < -0.4 is 5.56 Å². The van der Waals surface area contributed by atoms with Crippen LogP contribution in [0.4, 0.5) is 0 Å². The fourth-order valence-electron chi connectivity index (χ4n) is 1.81. The number of halogens is 1. The average molecular weight is 372 g/mol. The van der Waals surface area contributed by atoms with Gasteiger partial charge in [-0.1, -0.05) is 20.8 Å². The van der Waals surface area contributed by atoms with Crippen molar-refractivity contribution in [2.45, 2.75) is 33.1 Å². The Kier molecular flexibility index (Phi) is 3.55. The van der Waals surface area contributed by atoms with Crippen LogP contribution in [0.2, 0.25) is 0 Å². The Morgan fingerprint density at radius 2 is 2.00 bits per heavy atom. The lowest BCUT2D eigenvalue weighted by atomic mass is 9.92. The first-order valence-corrected chi connectivity index (χ1v) is 7.09. The molecule has 0 bridgehead atoms. The molecule has 5 nitrogen and oxygen atoms in total. The molecule has 0 aliphatic carbocycles. The largest absolute Gasteiger partial charge is 0.305 e. The molecule has 0 saturated heterocycles. The van der Waals surface area contributed by atoms with Crippen LogP contribution in [0.3, 0.4) is 0 Å². The lowest BCUT2D eigenvalue weighted by Gasteiger charge is -2.19. The fraction of sp³-hybridized carbons (Fsp3) is 0.462. The summed E-state index contributed by atoms with van der Waals surface area (Å²) in [5.74, 6) is 0.584. The first-order chi connectivity index (χ1) is 8.71. The Labute approximate surface area is 125 Å². The van der Waals surface area contributed by atoms with E-state index in [4.69, 9.17) is 0 Å². The number of nitrogens with one attached hydrogen (secondary N) is 1. The summed E-state index contributed by atoms with van der Waals surface area (Å²) in [6, 6.07) is 0. The number of H-pyrrole nitrogens is 1. The summed E-state index contributed by atoms with van der Waals surface area (Å²) in [5.41, 5.74) is 2.38. The quantitative estimate of drug-likeness (QED) is 0.782. The molecule has 0 fully saturated rings. The molecule has 6 heteroatoms. The van der Waals surface area contributed by atoms with Gasteiger partial charge in [0.25, 0.3) is 5.56 Å². The van der Waals surface area contributed by atoms with Gasteiger partial charge in [0.2, 0.25) is 0 Å². The van der Waals surface area contributed by atoms with E-state index in [1.807, 2.05) is 14.0 Å². The summed E-state index contributed by atoms with van der Waals surface area (Å²) in [7, 11) is 1.87. The molecule has 0 saturated carbocycles. The first-order valence-electron chi connectivity index (χ1n) is 6.01. The molecule has 2 heterocycles. The van der Waals surface area contributed by atoms with Gasteiger partial charge >= 0.3 is 0 Å². The third kappa shape index (κ3) is 2.58. The lowest BCUT2D eigenvalue weighted by Crippen LogP contribution is -2.24. The Morgan fingerprint density at radius 3 is 2.47 bits per heavy atom. The predicted molar refractivity (Wildman–Crippen MR) is 83.2 cm³/mol. The summed E-state index contributed by atoms with van der Waals surface area (Å²) in [4.78, 5) is 19.5. The molecule has 0 atom stereocenters. The van der Waals surface area contributed by atoms with Gasteiger partial charge < -0.3 is 4.98 Å². The Balaban J connectivity index is 2.71. The number of aromatic amines is 1. The summed E-state index contributed by atoms with van der Waals surface area (Å²) >= 11 is 2.05. The van der Waals surface area contributed by atoms with Crippen molar-refractivity contribution < 1.29 is 0 Å². The number of aryl methyl sites for hydroxylation is 1. The topological polar surface area (TPSA) is 63.6 Å². The van der Waals surface area contributed by atoms with E-state index >= 15 is 0 Å². The fourth-order valence-corrected chi connectivity index (χ4v) is 2.88. The third-order valence-electron chi connectivity index (χ3n) is 3.06. The summed E-state index contributed by atoms with van der Waals surface area (Å²) in [6.45, 7) is 8.11.